The molecule has 0 aliphatic rings. The van der Waals surface area contributed by atoms with E-state index in [4.69, 9.17) is 4.42 Å². The quantitative estimate of drug-likeness (QED) is 0.701. The first kappa shape index (κ1) is 14.6. The highest BCUT2D eigenvalue weighted by Crippen LogP contribution is 2.20. The van der Waals surface area contributed by atoms with Crippen molar-refractivity contribution in [2.45, 2.75) is 33.1 Å². The summed E-state index contributed by atoms with van der Waals surface area (Å²) in [6.45, 7) is 4.16. The van der Waals surface area contributed by atoms with Gasteiger partial charge in [0.25, 0.3) is 0 Å². The van der Waals surface area contributed by atoms with E-state index in [0.29, 0.717) is 17.4 Å². The van der Waals surface area contributed by atoms with Crippen LogP contribution in [0.1, 0.15) is 35.8 Å². The minimum atomic E-state index is 0.116. The van der Waals surface area contributed by atoms with Gasteiger partial charge in [0.05, 0.1) is 5.39 Å². The van der Waals surface area contributed by atoms with Crippen LogP contribution in [0.5, 0.6) is 0 Å². The molecule has 2 nitrogen and oxygen atoms in total. The Balaban J connectivity index is 2.12. The van der Waals surface area contributed by atoms with E-state index in [2.05, 4.69) is 38.1 Å². The van der Waals surface area contributed by atoms with Crippen LogP contribution in [-0.2, 0) is 12.8 Å². The fourth-order valence-corrected chi connectivity index (χ4v) is 2.76. The van der Waals surface area contributed by atoms with E-state index >= 15 is 0 Å². The summed E-state index contributed by atoms with van der Waals surface area (Å²) in [5, 5.41) is 0.679. The maximum atomic E-state index is 12.7. The second-order valence-electron chi connectivity index (χ2n) is 5.74. The Morgan fingerprint density at radius 1 is 1.00 bits per heavy atom. The number of hydrogen-bond donors (Lipinski definition) is 0. The van der Waals surface area contributed by atoms with Crippen LogP contribution in [0.2, 0.25) is 0 Å². The summed E-state index contributed by atoms with van der Waals surface area (Å²) in [7, 11) is 0. The van der Waals surface area contributed by atoms with Crippen molar-refractivity contribution in [2.75, 3.05) is 0 Å². The molecule has 0 radical (unpaired) electrons. The van der Waals surface area contributed by atoms with Crippen molar-refractivity contribution in [1.82, 2.24) is 0 Å². The Morgan fingerprint density at radius 2 is 1.73 bits per heavy atom. The molecular weight excluding hydrogens is 272 g/mol. The van der Waals surface area contributed by atoms with Gasteiger partial charge < -0.3 is 4.42 Å². The van der Waals surface area contributed by atoms with Gasteiger partial charge >= 0.3 is 0 Å². The highest BCUT2D eigenvalue weighted by molar-refractivity contribution is 5.77. The third-order valence-corrected chi connectivity index (χ3v) is 3.96. The SMILES string of the molecule is CCCc1c(Cc2ccc(C)cc2)oc2ccccc2c1=O. The summed E-state index contributed by atoms with van der Waals surface area (Å²) in [6.07, 6.45) is 2.36. The summed E-state index contributed by atoms with van der Waals surface area (Å²) in [4.78, 5) is 12.7. The van der Waals surface area contributed by atoms with Crippen molar-refractivity contribution in [2.24, 2.45) is 0 Å². The van der Waals surface area contributed by atoms with Crippen LogP contribution >= 0.6 is 0 Å². The van der Waals surface area contributed by atoms with E-state index in [-0.39, 0.29) is 5.43 Å². The molecule has 2 heteroatoms. The molecule has 112 valence electrons. The second kappa shape index (κ2) is 6.18. The van der Waals surface area contributed by atoms with Crippen molar-refractivity contribution in [3.8, 4) is 0 Å². The zero-order chi connectivity index (χ0) is 15.5. The van der Waals surface area contributed by atoms with Crippen molar-refractivity contribution in [1.29, 1.82) is 0 Å². The second-order valence-corrected chi connectivity index (χ2v) is 5.74. The Hall–Kier alpha value is -2.35. The van der Waals surface area contributed by atoms with Crippen LogP contribution < -0.4 is 5.43 Å². The molecule has 0 bridgehead atoms. The summed E-state index contributed by atoms with van der Waals surface area (Å²) in [5.41, 5.74) is 4.01. The molecule has 0 N–H and O–H groups in total. The average molecular weight is 292 g/mol. The van der Waals surface area contributed by atoms with Gasteiger partial charge in [0, 0.05) is 12.0 Å². The predicted octanol–water partition coefficient (Wildman–Crippen LogP) is 4.64. The minimum absolute atomic E-state index is 0.116. The van der Waals surface area contributed by atoms with Crippen molar-refractivity contribution < 1.29 is 4.42 Å². The van der Waals surface area contributed by atoms with E-state index in [1.165, 1.54) is 11.1 Å². The molecule has 0 saturated carbocycles. The van der Waals surface area contributed by atoms with Crippen LogP contribution in [0.4, 0.5) is 0 Å². The fraction of sp³-hybridized carbons (Fsp3) is 0.250. The Morgan fingerprint density at radius 3 is 2.45 bits per heavy atom. The van der Waals surface area contributed by atoms with Gasteiger partial charge in [-0.1, -0.05) is 55.3 Å². The molecule has 1 heterocycles. The largest absolute Gasteiger partial charge is 0.460 e. The number of fused-ring (bicyclic) bond motifs is 1. The van der Waals surface area contributed by atoms with Gasteiger partial charge in [0.2, 0.25) is 0 Å². The van der Waals surface area contributed by atoms with Gasteiger partial charge in [-0.25, -0.2) is 0 Å². The Kier molecular flexibility index (Phi) is 4.10. The molecule has 0 atom stereocenters. The predicted molar refractivity (Wildman–Crippen MR) is 90.5 cm³/mol. The standard InChI is InChI=1S/C20H20O2/c1-3-6-16-19(13-15-11-9-14(2)10-12-15)22-18-8-5-4-7-17(18)20(16)21/h4-5,7-12H,3,6,13H2,1-2H3. The van der Waals surface area contributed by atoms with Crippen molar-refractivity contribution in [3.63, 3.8) is 0 Å². The first-order chi connectivity index (χ1) is 10.7. The van der Waals surface area contributed by atoms with Gasteiger partial charge in [-0.05, 0) is 31.0 Å². The molecule has 0 unspecified atom stereocenters. The summed E-state index contributed by atoms with van der Waals surface area (Å²) >= 11 is 0. The lowest BCUT2D eigenvalue weighted by molar-refractivity contribution is 0.537. The van der Waals surface area contributed by atoms with Crippen LogP contribution in [0.3, 0.4) is 0 Å². The topological polar surface area (TPSA) is 30.2 Å². The van der Waals surface area contributed by atoms with Crippen LogP contribution in [0, 0.1) is 6.92 Å². The first-order valence-corrected chi connectivity index (χ1v) is 7.78. The fourth-order valence-electron chi connectivity index (χ4n) is 2.76. The number of rotatable bonds is 4. The van der Waals surface area contributed by atoms with Gasteiger partial charge in [-0.2, -0.15) is 0 Å². The third kappa shape index (κ3) is 2.82. The minimum Gasteiger partial charge on any atom is -0.460 e. The lowest BCUT2D eigenvalue weighted by Gasteiger charge is -2.10. The molecule has 3 rings (SSSR count). The molecule has 2 aromatic carbocycles. The molecule has 1 aromatic heterocycles. The summed E-state index contributed by atoms with van der Waals surface area (Å²) in [6, 6.07) is 15.9. The van der Waals surface area contributed by atoms with Crippen LogP contribution in [0.15, 0.2) is 57.7 Å². The Bertz CT molecular complexity index is 842. The maximum Gasteiger partial charge on any atom is 0.196 e. The molecular formula is C20H20O2. The molecule has 0 amide bonds. The van der Waals surface area contributed by atoms with Gasteiger partial charge in [0.1, 0.15) is 11.3 Å². The molecule has 0 aliphatic carbocycles. The summed E-state index contributed by atoms with van der Waals surface area (Å²) < 4.78 is 6.06. The molecule has 0 aliphatic heterocycles. The van der Waals surface area contributed by atoms with E-state index < -0.39 is 0 Å². The molecule has 0 fully saturated rings. The van der Waals surface area contributed by atoms with Crippen molar-refractivity contribution in [3.05, 3.63) is 81.2 Å². The third-order valence-electron chi connectivity index (χ3n) is 3.96. The zero-order valence-corrected chi connectivity index (χ0v) is 13.1. The van der Waals surface area contributed by atoms with Crippen molar-refractivity contribution >= 4 is 11.0 Å². The van der Waals surface area contributed by atoms with E-state index in [0.717, 1.165) is 24.2 Å². The molecule has 0 spiro atoms. The van der Waals surface area contributed by atoms with Gasteiger partial charge in [-0.15, -0.1) is 0 Å². The van der Waals surface area contributed by atoms with Gasteiger partial charge in [0.15, 0.2) is 5.43 Å². The molecule has 3 aromatic rings. The number of para-hydroxylation sites is 1. The smallest absolute Gasteiger partial charge is 0.196 e. The van der Waals surface area contributed by atoms with E-state index in [1.807, 2.05) is 24.3 Å². The number of hydrogen-bond acceptors (Lipinski definition) is 2. The zero-order valence-electron chi connectivity index (χ0n) is 13.1. The van der Waals surface area contributed by atoms with E-state index in [9.17, 15) is 4.79 Å². The normalized spacial score (nSPS) is 11.0. The molecule has 0 saturated heterocycles. The van der Waals surface area contributed by atoms with Crippen LogP contribution in [-0.4, -0.2) is 0 Å². The van der Waals surface area contributed by atoms with E-state index in [1.54, 1.807) is 0 Å². The number of benzene rings is 2. The lowest BCUT2D eigenvalue weighted by atomic mass is 10.0. The maximum absolute atomic E-state index is 12.7. The summed E-state index contributed by atoms with van der Waals surface area (Å²) in [5.74, 6) is 0.800. The highest BCUT2D eigenvalue weighted by Gasteiger charge is 2.13. The first-order valence-electron chi connectivity index (χ1n) is 7.78. The molecule has 22 heavy (non-hydrogen) atoms. The van der Waals surface area contributed by atoms with Gasteiger partial charge in [-0.3, -0.25) is 4.79 Å². The average Bonchev–Trinajstić information content (AvgIpc) is 2.53. The Labute approximate surface area is 130 Å². The monoisotopic (exact) mass is 292 g/mol. The lowest BCUT2D eigenvalue weighted by Crippen LogP contribution is -2.13. The van der Waals surface area contributed by atoms with Crippen LogP contribution in [0.25, 0.3) is 11.0 Å². The number of aryl methyl sites for hydroxylation is 1. The highest BCUT2D eigenvalue weighted by atomic mass is 16.3.